The minimum atomic E-state index is -3.86. The van der Waals surface area contributed by atoms with Gasteiger partial charge in [-0.25, -0.2) is 0 Å². The van der Waals surface area contributed by atoms with Gasteiger partial charge in [0.25, 0.3) is 0 Å². The fourth-order valence-electron chi connectivity index (χ4n) is 5.11. The minimum Gasteiger partial charge on any atom is -0.395 e. The Bertz CT molecular complexity index is 1400. The predicted molar refractivity (Wildman–Crippen MR) is 285 cm³/mol. The van der Waals surface area contributed by atoms with Gasteiger partial charge in [-0.3, -0.25) is 0 Å². The first-order valence-corrected chi connectivity index (χ1v) is 62.6. The summed E-state index contributed by atoms with van der Waals surface area (Å²) in [7, 11) is -40.1. The van der Waals surface area contributed by atoms with Crippen molar-refractivity contribution in [3.8, 4) is 0 Å². The molecule has 3 atom stereocenters. The Morgan fingerprint density at radius 1 is 0.242 bits per heavy atom. The van der Waals surface area contributed by atoms with Crippen molar-refractivity contribution in [3.63, 3.8) is 0 Å². The fraction of sp³-hybridized carbons (Fsp3) is 1.00. The van der Waals surface area contributed by atoms with Crippen LogP contribution in [0, 0.1) is 0 Å². The third-order valence-electron chi connectivity index (χ3n) is 6.09. The number of rotatable bonds is 18. The van der Waals surface area contributed by atoms with Crippen LogP contribution in [0.4, 0.5) is 0 Å². The standard InChI is InChI=1S/C13H38O7Si6.C10H30O7Si5.C7H22O7Si4/c1-21(2,3)16-25(17-22(4,5)6)14-13-15-26(20-25,18-23(7,8)9)19-24(10,11)12;1-18(2,3)14-21(11)12-10-13-22(17-21,15-19(4,5)6)16-20(7,8)9;1-15(2,3)12-17(8)10-7-11-18(9,14-17)13-16(4,5)6/h13H2,1-12H3;11H,10H2,1-9H3;8-9H,7H2,1-6H3. The summed E-state index contributed by atoms with van der Waals surface area (Å²) in [5.41, 5.74) is 0. The van der Waals surface area contributed by atoms with E-state index in [-0.39, 0.29) is 20.4 Å². The Hall–Kier alpha value is 2.41. The molecule has 396 valence electrons. The molecule has 21 nitrogen and oxygen atoms in total. The summed E-state index contributed by atoms with van der Waals surface area (Å²) in [5.74, 6) is 0. The average molecular weight is 1210 g/mol. The van der Waals surface area contributed by atoms with Crippen LogP contribution in [0.2, 0.25) is 177 Å². The van der Waals surface area contributed by atoms with Crippen LogP contribution in [-0.2, 0) is 75.9 Å². The van der Waals surface area contributed by atoms with E-state index < -0.39 is 129 Å². The third kappa shape index (κ3) is 29.3. The predicted octanol–water partition coefficient (Wildman–Crippen LogP) is 7.28. The lowest BCUT2D eigenvalue weighted by Gasteiger charge is -2.47. The van der Waals surface area contributed by atoms with E-state index in [1.807, 2.05) is 98.2 Å². The number of hydrogen-bond donors (Lipinski definition) is 3. The van der Waals surface area contributed by atoms with Crippen molar-refractivity contribution in [1.82, 2.24) is 0 Å². The van der Waals surface area contributed by atoms with Gasteiger partial charge in [-0.1, -0.05) is 0 Å². The molecule has 3 rings (SSSR count). The van der Waals surface area contributed by atoms with E-state index in [2.05, 4.69) is 78.6 Å². The van der Waals surface area contributed by atoms with Crippen LogP contribution in [0.3, 0.4) is 0 Å². The highest BCUT2D eigenvalue weighted by Crippen LogP contribution is 2.35. The summed E-state index contributed by atoms with van der Waals surface area (Å²) in [5, 5.41) is 0. The Kier molecular flexibility index (Phi) is 23.3. The van der Waals surface area contributed by atoms with Gasteiger partial charge in [-0.2, -0.15) is 0 Å². The van der Waals surface area contributed by atoms with Crippen LogP contribution in [-0.4, -0.2) is 164 Å². The van der Waals surface area contributed by atoms with E-state index in [0.29, 0.717) is 0 Å². The third-order valence-corrected chi connectivity index (χ3v) is 46.2. The molecule has 0 aliphatic carbocycles. The molecular weight excluding hydrogens is 1120 g/mol. The lowest BCUT2D eigenvalue weighted by molar-refractivity contribution is -0.0990. The molecule has 0 spiro atoms. The van der Waals surface area contributed by atoms with Crippen LogP contribution >= 0.6 is 0 Å². The second-order valence-corrected chi connectivity index (χ2v) is 80.2. The average Bonchev–Trinajstić information content (AvgIpc) is 2.87. The van der Waals surface area contributed by atoms with E-state index in [9.17, 15) is 14.4 Å². The van der Waals surface area contributed by atoms with E-state index in [4.69, 9.17) is 75.9 Å². The first kappa shape index (κ1) is 66.4. The first-order valence-electron chi connectivity index (χ1n) is 22.0. The Morgan fingerprint density at radius 3 is 0.621 bits per heavy atom. The highest BCUT2D eigenvalue weighted by atomic mass is 28.6. The Morgan fingerprint density at radius 2 is 0.409 bits per heavy atom. The van der Waals surface area contributed by atoms with Crippen LogP contribution in [0.5, 0.6) is 0 Å². The zero-order valence-electron chi connectivity index (χ0n) is 45.3. The molecule has 3 N–H and O–H groups in total. The molecule has 0 radical (unpaired) electrons. The van der Waals surface area contributed by atoms with Gasteiger partial charge < -0.3 is 90.3 Å². The van der Waals surface area contributed by atoms with Crippen molar-refractivity contribution < 1.29 is 90.3 Å². The second-order valence-electron chi connectivity index (χ2n) is 24.5. The zero-order chi connectivity index (χ0) is 52.3. The van der Waals surface area contributed by atoms with Gasteiger partial charge in [0.05, 0.1) is 0 Å². The van der Waals surface area contributed by atoms with Crippen molar-refractivity contribution in [2.45, 2.75) is 177 Å². The van der Waals surface area contributed by atoms with Gasteiger partial charge in [0, 0.05) is 0 Å². The Labute approximate surface area is 414 Å². The molecule has 0 saturated carbocycles. The molecule has 66 heavy (non-hydrogen) atoms. The number of hydrogen-bond acceptors (Lipinski definition) is 21. The summed E-state index contributed by atoms with van der Waals surface area (Å²) in [6.07, 6.45) is 0. The van der Waals surface area contributed by atoms with Gasteiger partial charge >= 0.3 is 54.3 Å². The molecular formula is C30H90O21Si15. The second kappa shape index (κ2) is 23.1. The molecule has 0 aromatic carbocycles. The molecule has 0 aromatic heterocycles. The molecule has 3 heterocycles. The van der Waals surface area contributed by atoms with E-state index in [1.165, 1.54) is 0 Å². The van der Waals surface area contributed by atoms with E-state index in [1.54, 1.807) is 0 Å². The highest BCUT2D eigenvalue weighted by molar-refractivity contribution is 6.91. The monoisotopic (exact) mass is 1210 g/mol. The molecule has 0 aromatic rings. The fourth-order valence-corrected chi connectivity index (χ4v) is 47.8. The lowest BCUT2D eigenvalue weighted by Crippen LogP contribution is -2.72. The molecule has 3 aliphatic heterocycles. The van der Waals surface area contributed by atoms with Crippen LogP contribution in [0.25, 0.3) is 0 Å². The van der Waals surface area contributed by atoms with Crippen molar-refractivity contribution in [2.75, 3.05) is 20.4 Å². The topological polar surface area (TPSA) is 227 Å². The Balaban J connectivity index is 0.000000503. The molecule has 3 unspecified atom stereocenters. The molecule has 3 aliphatic rings. The summed E-state index contributed by atoms with van der Waals surface area (Å²) < 4.78 is 105. The molecule has 0 bridgehead atoms. The van der Waals surface area contributed by atoms with Crippen molar-refractivity contribution in [2.24, 2.45) is 0 Å². The van der Waals surface area contributed by atoms with Crippen molar-refractivity contribution in [3.05, 3.63) is 0 Å². The van der Waals surface area contributed by atoms with Crippen LogP contribution in [0.1, 0.15) is 0 Å². The minimum absolute atomic E-state index is 0.0162. The quantitative estimate of drug-likeness (QED) is 0.115. The molecule has 36 heteroatoms. The van der Waals surface area contributed by atoms with Gasteiger partial charge in [-0.05, 0) is 177 Å². The molecule has 3 fully saturated rings. The van der Waals surface area contributed by atoms with Gasteiger partial charge in [-0.15, -0.1) is 0 Å². The maximum Gasteiger partial charge on any atom is 0.662 e. The molecule has 0 amide bonds. The zero-order valence-corrected chi connectivity index (χ0v) is 60.3. The van der Waals surface area contributed by atoms with Crippen molar-refractivity contribution in [1.29, 1.82) is 0 Å². The maximum atomic E-state index is 10.7. The largest absolute Gasteiger partial charge is 0.662 e. The van der Waals surface area contributed by atoms with Gasteiger partial charge in [0.1, 0.15) is 20.4 Å². The normalized spacial score (nSPS) is 27.0. The highest BCUT2D eigenvalue weighted by Gasteiger charge is 2.68. The summed E-state index contributed by atoms with van der Waals surface area (Å²) in [4.78, 5) is 31.0. The maximum absolute atomic E-state index is 10.7. The molecule has 3 saturated heterocycles. The lowest BCUT2D eigenvalue weighted by atomic mass is 11.6. The first-order chi connectivity index (χ1) is 28.6. The van der Waals surface area contributed by atoms with Crippen LogP contribution in [0.15, 0.2) is 0 Å². The smallest absolute Gasteiger partial charge is 0.395 e. The van der Waals surface area contributed by atoms with E-state index in [0.717, 1.165) is 0 Å². The van der Waals surface area contributed by atoms with Gasteiger partial charge in [0.2, 0.25) is 0 Å². The van der Waals surface area contributed by atoms with Gasteiger partial charge in [0.15, 0.2) is 74.9 Å². The summed E-state index contributed by atoms with van der Waals surface area (Å²) >= 11 is 0. The van der Waals surface area contributed by atoms with E-state index >= 15 is 0 Å². The SMILES string of the molecule is C[Si](C)(C)O[Si]1(O)OCO[Si](O)(O[Si](C)(C)C)O1.C[Si](C)(C)O[Si]1(O)OCO[Si](O[Si](C)(C)C)(O[Si](C)(C)C)O1.C[Si](C)(C)O[Si]1(O[Si](C)(C)C)OCO[Si](O[Si](C)(C)C)(O[Si](C)(C)C)O1. The summed E-state index contributed by atoms with van der Waals surface area (Å²) in [6.45, 7) is 54.1. The van der Waals surface area contributed by atoms with Crippen LogP contribution < -0.4 is 0 Å². The van der Waals surface area contributed by atoms with Crippen molar-refractivity contribution >= 4 is 129 Å². The summed E-state index contributed by atoms with van der Waals surface area (Å²) in [6, 6.07) is 0.